The van der Waals surface area contributed by atoms with E-state index in [2.05, 4.69) is 27.5 Å². The molecule has 144 valence electrons. The van der Waals surface area contributed by atoms with E-state index in [-0.39, 0.29) is 5.56 Å². The van der Waals surface area contributed by atoms with Gasteiger partial charge in [-0.2, -0.15) is 5.10 Å². The molecule has 2 aromatic heterocycles. The Morgan fingerprint density at radius 2 is 2.00 bits per heavy atom. The average Bonchev–Trinajstić information content (AvgIpc) is 3.27. The first kappa shape index (κ1) is 16.7. The molecule has 1 fully saturated rings. The molecular weight excluding hydrogens is 362 g/mol. The molecule has 0 unspecified atom stereocenters. The van der Waals surface area contributed by atoms with Crippen molar-refractivity contribution in [1.82, 2.24) is 24.6 Å². The molecule has 2 aliphatic heterocycles. The number of nitrogens with zero attached hydrogens (tertiary/aromatic N) is 4. The Morgan fingerprint density at radius 1 is 1.10 bits per heavy atom. The molecule has 2 bridgehead atoms. The predicted octanol–water partition coefficient (Wildman–Crippen LogP) is 3.18. The van der Waals surface area contributed by atoms with Crippen LogP contribution >= 0.6 is 0 Å². The van der Waals surface area contributed by atoms with Gasteiger partial charge in [0.15, 0.2) is 0 Å². The van der Waals surface area contributed by atoms with E-state index in [9.17, 15) is 4.79 Å². The predicted molar refractivity (Wildman–Crippen MR) is 114 cm³/mol. The number of benzene rings is 2. The van der Waals surface area contributed by atoms with Gasteiger partial charge < -0.3 is 5.32 Å². The van der Waals surface area contributed by atoms with E-state index in [4.69, 9.17) is 0 Å². The largest absolute Gasteiger partial charge is 0.307 e. The first-order chi connectivity index (χ1) is 14.1. The number of hydrogen-bond donors (Lipinski definition) is 1. The van der Waals surface area contributed by atoms with Gasteiger partial charge in [0.1, 0.15) is 6.33 Å². The maximum atomic E-state index is 13.3. The standard InChI is InChI=1S/C23H21N5O/c1-27-12-16-10-19(5-7-21(16)26-27)28-13-24-22-6-2-14(11-20(22)23(28)29)15-8-17-3-4-18(9-15)25-17/h2,5-8,10-13,17-18,25H,3-4,9H2,1H3/t17-,18+/m1/s1. The van der Waals surface area contributed by atoms with Crippen LogP contribution in [-0.4, -0.2) is 31.4 Å². The molecule has 4 heterocycles. The summed E-state index contributed by atoms with van der Waals surface area (Å²) >= 11 is 0. The van der Waals surface area contributed by atoms with Crippen molar-refractivity contribution in [3.05, 3.63) is 70.9 Å². The first-order valence-corrected chi connectivity index (χ1v) is 10.1. The fourth-order valence-corrected chi connectivity index (χ4v) is 4.73. The Bertz CT molecular complexity index is 1360. The molecule has 2 atom stereocenters. The number of aromatic nitrogens is 4. The van der Waals surface area contributed by atoms with Gasteiger partial charge in [0.2, 0.25) is 0 Å². The van der Waals surface area contributed by atoms with Gasteiger partial charge in [-0.1, -0.05) is 12.1 Å². The molecule has 2 aromatic carbocycles. The molecule has 0 amide bonds. The summed E-state index contributed by atoms with van der Waals surface area (Å²) in [7, 11) is 1.90. The summed E-state index contributed by atoms with van der Waals surface area (Å²) in [5, 5.41) is 9.68. The van der Waals surface area contributed by atoms with Gasteiger partial charge in [-0.3, -0.25) is 14.0 Å². The van der Waals surface area contributed by atoms with Gasteiger partial charge in [0.05, 0.1) is 22.1 Å². The number of nitrogens with one attached hydrogen (secondary N) is 1. The fraction of sp³-hybridized carbons (Fsp3) is 0.261. The Kier molecular flexibility index (Phi) is 3.52. The van der Waals surface area contributed by atoms with Crippen LogP contribution in [0.15, 0.2) is 59.8 Å². The maximum Gasteiger partial charge on any atom is 0.265 e. The van der Waals surface area contributed by atoms with E-state index in [1.54, 1.807) is 15.6 Å². The van der Waals surface area contributed by atoms with E-state index >= 15 is 0 Å². The lowest BCUT2D eigenvalue weighted by molar-refractivity contribution is 0.575. The second-order valence-electron chi connectivity index (χ2n) is 8.14. The van der Waals surface area contributed by atoms with Crippen molar-refractivity contribution in [2.75, 3.05) is 0 Å². The van der Waals surface area contributed by atoms with Crippen LogP contribution in [0, 0.1) is 0 Å². The van der Waals surface area contributed by atoms with Gasteiger partial charge in [-0.25, -0.2) is 4.98 Å². The van der Waals surface area contributed by atoms with Crippen molar-refractivity contribution in [1.29, 1.82) is 0 Å². The summed E-state index contributed by atoms with van der Waals surface area (Å²) in [6.45, 7) is 0. The average molecular weight is 383 g/mol. The molecule has 2 aliphatic rings. The third-order valence-corrected chi connectivity index (χ3v) is 6.15. The minimum Gasteiger partial charge on any atom is -0.307 e. The SMILES string of the molecule is Cn1cc2cc(-n3cnc4ccc(C5=C[C@H]6CC[C@@H](C5)N6)cc4c3=O)ccc2n1. The lowest BCUT2D eigenvalue weighted by Crippen LogP contribution is -2.31. The minimum absolute atomic E-state index is 0.0439. The zero-order valence-corrected chi connectivity index (χ0v) is 16.2. The minimum atomic E-state index is -0.0439. The Morgan fingerprint density at radius 3 is 2.90 bits per heavy atom. The Hall–Kier alpha value is -3.25. The molecule has 1 N–H and O–H groups in total. The Balaban J connectivity index is 1.48. The van der Waals surface area contributed by atoms with Crippen LogP contribution < -0.4 is 10.9 Å². The molecule has 6 nitrogen and oxygen atoms in total. The van der Waals surface area contributed by atoms with E-state index in [1.165, 1.54) is 18.4 Å². The van der Waals surface area contributed by atoms with E-state index in [0.717, 1.165) is 34.1 Å². The Labute approximate surface area is 167 Å². The zero-order chi connectivity index (χ0) is 19.5. The molecule has 4 aromatic rings. The van der Waals surface area contributed by atoms with Crippen molar-refractivity contribution >= 4 is 27.4 Å². The summed E-state index contributed by atoms with van der Waals surface area (Å²) in [5.41, 5.74) is 4.87. The van der Waals surface area contributed by atoms with Crippen molar-refractivity contribution in [2.45, 2.75) is 31.3 Å². The highest BCUT2D eigenvalue weighted by atomic mass is 16.1. The summed E-state index contributed by atoms with van der Waals surface area (Å²) in [6.07, 6.45) is 9.35. The summed E-state index contributed by atoms with van der Waals surface area (Å²) in [6, 6.07) is 12.9. The van der Waals surface area contributed by atoms with Gasteiger partial charge >= 0.3 is 0 Å². The molecular formula is C23H21N5O. The quantitative estimate of drug-likeness (QED) is 0.577. The summed E-state index contributed by atoms with van der Waals surface area (Å²) < 4.78 is 3.40. The van der Waals surface area contributed by atoms with Gasteiger partial charge in [0.25, 0.3) is 5.56 Å². The molecule has 6 heteroatoms. The van der Waals surface area contributed by atoms with Crippen LogP contribution in [0.5, 0.6) is 0 Å². The van der Waals surface area contributed by atoms with Crippen molar-refractivity contribution in [2.24, 2.45) is 7.05 Å². The maximum absolute atomic E-state index is 13.3. The molecule has 0 spiro atoms. The van der Waals surface area contributed by atoms with E-state index < -0.39 is 0 Å². The van der Waals surface area contributed by atoms with Gasteiger partial charge in [-0.15, -0.1) is 0 Å². The van der Waals surface area contributed by atoms with Crippen molar-refractivity contribution in [3.63, 3.8) is 0 Å². The lowest BCUT2D eigenvalue weighted by atomic mass is 9.95. The van der Waals surface area contributed by atoms with Crippen LogP contribution in [0.1, 0.15) is 24.8 Å². The van der Waals surface area contributed by atoms with Crippen LogP contribution in [0.2, 0.25) is 0 Å². The normalized spacial score (nSPS) is 21.1. The molecule has 0 aliphatic carbocycles. The number of rotatable bonds is 2. The molecule has 1 saturated heterocycles. The highest BCUT2D eigenvalue weighted by molar-refractivity contribution is 5.84. The van der Waals surface area contributed by atoms with Crippen LogP contribution in [0.3, 0.4) is 0 Å². The second-order valence-corrected chi connectivity index (χ2v) is 8.14. The highest BCUT2D eigenvalue weighted by Gasteiger charge is 2.28. The van der Waals surface area contributed by atoms with E-state index in [0.29, 0.717) is 17.5 Å². The highest BCUT2D eigenvalue weighted by Crippen LogP contribution is 2.32. The van der Waals surface area contributed by atoms with Crippen LogP contribution in [0.25, 0.3) is 33.1 Å². The van der Waals surface area contributed by atoms with Crippen LogP contribution in [0.4, 0.5) is 0 Å². The lowest BCUT2D eigenvalue weighted by Gasteiger charge is -2.21. The number of hydrogen-bond acceptors (Lipinski definition) is 4. The molecule has 29 heavy (non-hydrogen) atoms. The van der Waals surface area contributed by atoms with Crippen molar-refractivity contribution in [3.8, 4) is 5.69 Å². The monoisotopic (exact) mass is 383 g/mol. The summed E-state index contributed by atoms with van der Waals surface area (Å²) in [5.74, 6) is 0. The number of aryl methyl sites for hydroxylation is 1. The number of fused-ring (bicyclic) bond motifs is 4. The van der Waals surface area contributed by atoms with E-state index in [1.807, 2.05) is 43.6 Å². The zero-order valence-electron chi connectivity index (χ0n) is 16.2. The topological polar surface area (TPSA) is 64.7 Å². The summed E-state index contributed by atoms with van der Waals surface area (Å²) in [4.78, 5) is 17.9. The molecule has 6 rings (SSSR count). The van der Waals surface area contributed by atoms with Gasteiger partial charge in [-0.05, 0) is 60.7 Å². The third-order valence-electron chi connectivity index (χ3n) is 6.15. The second kappa shape index (κ2) is 6.12. The molecule has 0 saturated carbocycles. The van der Waals surface area contributed by atoms with Crippen LogP contribution in [-0.2, 0) is 7.05 Å². The fourth-order valence-electron chi connectivity index (χ4n) is 4.73. The first-order valence-electron chi connectivity index (χ1n) is 10.1. The smallest absolute Gasteiger partial charge is 0.265 e. The van der Waals surface area contributed by atoms with Gasteiger partial charge in [0, 0.05) is 30.7 Å². The molecule has 0 radical (unpaired) electrons. The van der Waals surface area contributed by atoms with Crippen molar-refractivity contribution < 1.29 is 0 Å². The third kappa shape index (κ3) is 2.71.